The molecule has 0 aliphatic rings. The highest BCUT2D eigenvalue weighted by atomic mass is 16.5. The summed E-state index contributed by atoms with van der Waals surface area (Å²) in [5, 5.41) is 7.17. The lowest BCUT2D eigenvalue weighted by Gasteiger charge is -2.29. The molecule has 1 N–H and O–H groups in total. The third-order valence-corrected chi connectivity index (χ3v) is 2.19. The Hall–Kier alpha value is -1.43. The Bertz CT molecular complexity index is 337. The summed E-state index contributed by atoms with van der Waals surface area (Å²) in [5.41, 5.74) is -0.795. The maximum absolute atomic E-state index is 11.7. The first kappa shape index (κ1) is 12.6. The van der Waals surface area contributed by atoms with Crippen molar-refractivity contribution in [2.45, 2.75) is 38.9 Å². The minimum atomic E-state index is -0.795. The Morgan fingerprint density at radius 1 is 1.62 bits per heavy atom. The van der Waals surface area contributed by atoms with Crippen LogP contribution in [0.3, 0.4) is 0 Å². The van der Waals surface area contributed by atoms with Crippen LogP contribution in [-0.2, 0) is 16.1 Å². The minimum absolute atomic E-state index is 0.174. The SMILES string of the molecule is COC(=O)C(C)(Cn1cncn1)NC(C)C. The van der Waals surface area contributed by atoms with E-state index in [1.807, 2.05) is 13.8 Å². The molecule has 1 atom stereocenters. The number of ether oxygens (including phenoxy) is 1. The van der Waals surface area contributed by atoms with Crippen LogP contribution < -0.4 is 5.32 Å². The van der Waals surface area contributed by atoms with Crippen LogP contribution in [0.25, 0.3) is 0 Å². The van der Waals surface area contributed by atoms with Gasteiger partial charge in [0.25, 0.3) is 0 Å². The first-order chi connectivity index (χ1) is 7.48. The van der Waals surface area contributed by atoms with Crippen molar-refractivity contribution in [3.8, 4) is 0 Å². The van der Waals surface area contributed by atoms with Crippen molar-refractivity contribution in [1.29, 1.82) is 0 Å². The number of nitrogens with one attached hydrogen (secondary N) is 1. The predicted octanol–water partition coefficient (Wildman–Crippen LogP) is 0.208. The molecule has 6 nitrogen and oxygen atoms in total. The van der Waals surface area contributed by atoms with Gasteiger partial charge in [-0.25, -0.2) is 9.78 Å². The van der Waals surface area contributed by atoms with E-state index in [9.17, 15) is 4.79 Å². The van der Waals surface area contributed by atoms with E-state index in [1.165, 1.54) is 13.4 Å². The molecule has 1 aromatic rings. The molecule has 0 aromatic carbocycles. The lowest BCUT2D eigenvalue weighted by atomic mass is 10.0. The van der Waals surface area contributed by atoms with Crippen LogP contribution in [0.15, 0.2) is 12.7 Å². The summed E-state index contributed by atoms with van der Waals surface area (Å²) < 4.78 is 6.41. The summed E-state index contributed by atoms with van der Waals surface area (Å²) in [5.74, 6) is -0.309. The Kier molecular flexibility index (Phi) is 4.00. The molecule has 6 heteroatoms. The molecular formula is C10H18N4O2. The third-order valence-electron chi connectivity index (χ3n) is 2.19. The standard InChI is InChI=1S/C10H18N4O2/c1-8(2)13-10(3,9(15)16-4)5-14-7-11-6-12-14/h6-8,13H,5H2,1-4H3. The average Bonchev–Trinajstić information content (AvgIpc) is 2.67. The molecule has 0 saturated carbocycles. The number of rotatable bonds is 5. The number of carbonyl (C=O) groups excluding carboxylic acids is 1. The normalized spacial score (nSPS) is 14.8. The summed E-state index contributed by atoms with van der Waals surface area (Å²) in [6.45, 7) is 6.13. The summed E-state index contributed by atoms with van der Waals surface area (Å²) in [7, 11) is 1.38. The zero-order valence-electron chi connectivity index (χ0n) is 10.1. The summed E-state index contributed by atoms with van der Waals surface area (Å²) in [4.78, 5) is 15.6. The number of esters is 1. The molecule has 1 aromatic heterocycles. The fourth-order valence-electron chi connectivity index (χ4n) is 1.67. The maximum Gasteiger partial charge on any atom is 0.327 e. The Labute approximate surface area is 95.0 Å². The summed E-state index contributed by atoms with van der Waals surface area (Å²) in [6.07, 6.45) is 3.01. The first-order valence-corrected chi connectivity index (χ1v) is 5.16. The smallest absolute Gasteiger partial charge is 0.327 e. The highest BCUT2D eigenvalue weighted by Gasteiger charge is 2.35. The lowest BCUT2D eigenvalue weighted by Crippen LogP contribution is -2.55. The maximum atomic E-state index is 11.7. The largest absolute Gasteiger partial charge is 0.468 e. The second kappa shape index (κ2) is 5.07. The number of hydrogen-bond acceptors (Lipinski definition) is 5. The predicted molar refractivity (Wildman–Crippen MR) is 58.7 cm³/mol. The second-order valence-corrected chi connectivity index (χ2v) is 4.22. The van der Waals surface area contributed by atoms with Gasteiger partial charge < -0.3 is 4.74 Å². The highest BCUT2D eigenvalue weighted by Crippen LogP contribution is 2.10. The van der Waals surface area contributed by atoms with Gasteiger partial charge in [0, 0.05) is 6.04 Å². The number of hydrogen-bond donors (Lipinski definition) is 1. The van der Waals surface area contributed by atoms with E-state index in [0.717, 1.165) is 0 Å². The molecule has 0 saturated heterocycles. The van der Waals surface area contributed by atoms with Crippen LogP contribution >= 0.6 is 0 Å². The summed E-state index contributed by atoms with van der Waals surface area (Å²) >= 11 is 0. The van der Waals surface area contributed by atoms with E-state index in [-0.39, 0.29) is 12.0 Å². The molecule has 0 spiro atoms. The Morgan fingerprint density at radius 2 is 2.31 bits per heavy atom. The van der Waals surface area contributed by atoms with Gasteiger partial charge in [-0.2, -0.15) is 5.10 Å². The van der Waals surface area contributed by atoms with Crippen LogP contribution in [-0.4, -0.2) is 39.4 Å². The second-order valence-electron chi connectivity index (χ2n) is 4.22. The van der Waals surface area contributed by atoms with Gasteiger partial charge >= 0.3 is 5.97 Å². The van der Waals surface area contributed by atoms with Crippen molar-refractivity contribution in [1.82, 2.24) is 20.1 Å². The fourth-order valence-corrected chi connectivity index (χ4v) is 1.67. The summed E-state index contributed by atoms with van der Waals surface area (Å²) in [6, 6.07) is 0.174. The van der Waals surface area contributed by atoms with Gasteiger partial charge in [-0.3, -0.25) is 10.00 Å². The van der Waals surface area contributed by atoms with Crippen LogP contribution in [0, 0.1) is 0 Å². The lowest BCUT2D eigenvalue weighted by molar-refractivity contribution is -0.149. The molecule has 16 heavy (non-hydrogen) atoms. The number of aromatic nitrogens is 3. The van der Waals surface area contributed by atoms with Gasteiger partial charge in [0.15, 0.2) is 0 Å². The highest BCUT2D eigenvalue weighted by molar-refractivity contribution is 5.80. The van der Waals surface area contributed by atoms with Gasteiger partial charge in [-0.1, -0.05) is 0 Å². The minimum Gasteiger partial charge on any atom is -0.468 e. The van der Waals surface area contributed by atoms with Crippen LogP contribution in [0.5, 0.6) is 0 Å². The van der Waals surface area contributed by atoms with Crippen LogP contribution in [0.1, 0.15) is 20.8 Å². The molecular weight excluding hydrogens is 208 g/mol. The third kappa shape index (κ3) is 3.03. The van der Waals surface area contributed by atoms with Gasteiger partial charge in [0.1, 0.15) is 18.2 Å². The zero-order valence-corrected chi connectivity index (χ0v) is 10.1. The van der Waals surface area contributed by atoms with Gasteiger partial charge in [-0.15, -0.1) is 0 Å². The number of nitrogens with zero attached hydrogens (tertiary/aromatic N) is 3. The monoisotopic (exact) mass is 226 g/mol. The molecule has 0 aliphatic carbocycles. The van der Waals surface area contributed by atoms with E-state index < -0.39 is 5.54 Å². The quantitative estimate of drug-likeness (QED) is 0.727. The van der Waals surface area contributed by atoms with Crippen molar-refractivity contribution in [2.75, 3.05) is 7.11 Å². The average molecular weight is 226 g/mol. The first-order valence-electron chi connectivity index (χ1n) is 5.16. The van der Waals surface area contributed by atoms with Gasteiger partial charge in [0.05, 0.1) is 13.7 Å². The molecule has 0 amide bonds. The van der Waals surface area contributed by atoms with E-state index in [2.05, 4.69) is 15.4 Å². The molecule has 90 valence electrons. The zero-order chi connectivity index (χ0) is 12.2. The van der Waals surface area contributed by atoms with Gasteiger partial charge in [0.2, 0.25) is 0 Å². The Balaban J connectivity index is 2.82. The molecule has 1 heterocycles. The van der Waals surface area contributed by atoms with Crippen LogP contribution in [0.4, 0.5) is 0 Å². The van der Waals surface area contributed by atoms with Crippen LogP contribution in [0.2, 0.25) is 0 Å². The van der Waals surface area contributed by atoms with Gasteiger partial charge in [-0.05, 0) is 20.8 Å². The molecule has 1 unspecified atom stereocenters. The molecule has 0 fully saturated rings. The topological polar surface area (TPSA) is 69.0 Å². The number of carbonyl (C=O) groups is 1. The molecule has 1 rings (SSSR count). The van der Waals surface area contributed by atoms with Crippen molar-refractivity contribution < 1.29 is 9.53 Å². The van der Waals surface area contributed by atoms with E-state index in [0.29, 0.717) is 6.54 Å². The van der Waals surface area contributed by atoms with Crippen molar-refractivity contribution in [2.24, 2.45) is 0 Å². The van der Waals surface area contributed by atoms with Crippen molar-refractivity contribution in [3.63, 3.8) is 0 Å². The molecule has 0 aliphatic heterocycles. The molecule has 0 radical (unpaired) electrons. The number of methoxy groups -OCH3 is 1. The Morgan fingerprint density at radius 3 is 2.75 bits per heavy atom. The van der Waals surface area contributed by atoms with Crippen molar-refractivity contribution >= 4 is 5.97 Å². The van der Waals surface area contributed by atoms with E-state index >= 15 is 0 Å². The van der Waals surface area contributed by atoms with E-state index in [4.69, 9.17) is 4.74 Å². The molecule has 0 bridgehead atoms. The fraction of sp³-hybridized carbons (Fsp3) is 0.700. The van der Waals surface area contributed by atoms with E-state index in [1.54, 1.807) is 17.9 Å². The van der Waals surface area contributed by atoms with Crippen molar-refractivity contribution in [3.05, 3.63) is 12.7 Å².